The van der Waals surface area contributed by atoms with Crippen LogP contribution in [0.3, 0.4) is 0 Å². The number of benzene rings is 1. The van der Waals surface area contributed by atoms with Crippen molar-refractivity contribution in [2.45, 2.75) is 71.4 Å². The quantitative estimate of drug-likeness (QED) is 0.781. The maximum Gasteiger partial charge on any atom is 0.0294 e. The predicted molar refractivity (Wildman–Crippen MR) is 83.5 cm³/mol. The molecule has 106 valence electrons. The second-order valence-corrected chi connectivity index (χ2v) is 6.42. The van der Waals surface area contributed by atoms with Gasteiger partial charge in [-0.25, -0.2) is 0 Å². The second kappa shape index (κ2) is 6.56. The lowest BCUT2D eigenvalue weighted by Gasteiger charge is -2.25. The Labute approximate surface area is 118 Å². The Morgan fingerprint density at radius 1 is 1.05 bits per heavy atom. The molecular weight excluding hydrogens is 230 g/mol. The van der Waals surface area contributed by atoms with Gasteiger partial charge in [-0.2, -0.15) is 0 Å². The fourth-order valence-corrected chi connectivity index (χ4v) is 3.33. The second-order valence-electron chi connectivity index (χ2n) is 6.42. The highest BCUT2D eigenvalue weighted by Crippen LogP contribution is 2.30. The zero-order valence-electron chi connectivity index (χ0n) is 12.9. The van der Waals surface area contributed by atoms with Gasteiger partial charge in [0.1, 0.15) is 0 Å². The normalized spacial score (nSPS) is 24.9. The minimum absolute atomic E-state index is 0.471. The first kappa shape index (κ1) is 14.6. The molecule has 1 saturated carbocycles. The van der Waals surface area contributed by atoms with E-state index in [1.165, 1.54) is 36.8 Å². The van der Waals surface area contributed by atoms with Crippen LogP contribution < -0.4 is 5.32 Å². The summed E-state index contributed by atoms with van der Waals surface area (Å²) >= 11 is 0. The maximum absolute atomic E-state index is 3.84. The summed E-state index contributed by atoms with van der Waals surface area (Å²) < 4.78 is 0. The van der Waals surface area contributed by atoms with Gasteiger partial charge in [0.05, 0.1) is 0 Å². The van der Waals surface area contributed by atoms with Gasteiger partial charge in [-0.05, 0) is 42.7 Å². The average Bonchev–Trinajstić information content (AvgIpc) is 2.86. The molecule has 3 atom stereocenters. The summed E-state index contributed by atoms with van der Waals surface area (Å²) in [6.45, 7) is 9.13. The molecule has 1 aromatic rings. The van der Waals surface area contributed by atoms with E-state index in [0.717, 1.165) is 12.0 Å². The highest BCUT2D eigenvalue weighted by molar-refractivity contribution is 5.26. The van der Waals surface area contributed by atoms with Gasteiger partial charge in [0.2, 0.25) is 0 Å². The zero-order chi connectivity index (χ0) is 13.8. The summed E-state index contributed by atoms with van der Waals surface area (Å²) in [6, 6.07) is 10.4. The van der Waals surface area contributed by atoms with Crippen LogP contribution in [0.25, 0.3) is 0 Å². The first-order chi connectivity index (χ1) is 9.11. The topological polar surface area (TPSA) is 12.0 Å². The predicted octanol–water partition coefficient (Wildman–Crippen LogP) is 5.04. The molecule has 0 bridgehead atoms. The molecule has 1 fully saturated rings. The molecule has 0 spiro atoms. The van der Waals surface area contributed by atoms with Crippen LogP contribution in [-0.2, 0) is 0 Å². The third kappa shape index (κ3) is 3.60. The van der Waals surface area contributed by atoms with E-state index in [2.05, 4.69) is 57.3 Å². The molecule has 3 unspecified atom stereocenters. The van der Waals surface area contributed by atoms with E-state index in [4.69, 9.17) is 0 Å². The number of rotatable bonds is 5. The van der Waals surface area contributed by atoms with Crippen LogP contribution in [0, 0.1) is 5.92 Å². The smallest absolute Gasteiger partial charge is 0.0294 e. The SMILES string of the molecule is CCC1CCCC1NC(C)c1ccc(C(C)C)cc1. The third-order valence-corrected chi connectivity index (χ3v) is 4.75. The summed E-state index contributed by atoms with van der Waals surface area (Å²) in [7, 11) is 0. The van der Waals surface area contributed by atoms with Crippen molar-refractivity contribution >= 4 is 0 Å². The molecule has 0 amide bonds. The van der Waals surface area contributed by atoms with Gasteiger partial charge in [0, 0.05) is 12.1 Å². The fourth-order valence-electron chi connectivity index (χ4n) is 3.33. The van der Waals surface area contributed by atoms with Crippen molar-refractivity contribution in [1.29, 1.82) is 0 Å². The lowest BCUT2D eigenvalue weighted by Crippen LogP contribution is -2.34. The molecule has 0 heterocycles. The molecule has 1 nitrogen and oxygen atoms in total. The Kier molecular flexibility index (Phi) is 5.04. The van der Waals surface area contributed by atoms with Crippen molar-refractivity contribution in [3.63, 3.8) is 0 Å². The summed E-state index contributed by atoms with van der Waals surface area (Å²) in [5.41, 5.74) is 2.86. The van der Waals surface area contributed by atoms with E-state index < -0.39 is 0 Å². The molecular formula is C18H29N. The van der Waals surface area contributed by atoms with Crippen molar-refractivity contribution in [2.24, 2.45) is 5.92 Å². The van der Waals surface area contributed by atoms with E-state index in [0.29, 0.717) is 12.0 Å². The molecule has 0 radical (unpaired) electrons. The van der Waals surface area contributed by atoms with Crippen molar-refractivity contribution in [1.82, 2.24) is 5.32 Å². The van der Waals surface area contributed by atoms with Crippen LogP contribution in [0.1, 0.15) is 76.5 Å². The maximum atomic E-state index is 3.84. The molecule has 1 aliphatic rings. The highest BCUT2D eigenvalue weighted by atomic mass is 15.0. The highest BCUT2D eigenvalue weighted by Gasteiger charge is 2.26. The first-order valence-corrected chi connectivity index (χ1v) is 7.97. The van der Waals surface area contributed by atoms with Crippen LogP contribution >= 0.6 is 0 Å². The molecule has 0 aliphatic heterocycles. The van der Waals surface area contributed by atoms with Crippen LogP contribution in [0.2, 0.25) is 0 Å². The van der Waals surface area contributed by atoms with Crippen molar-refractivity contribution in [3.05, 3.63) is 35.4 Å². The Morgan fingerprint density at radius 2 is 1.68 bits per heavy atom. The third-order valence-electron chi connectivity index (χ3n) is 4.75. The molecule has 1 aromatic carbocycles. The van der Waals surface area contributed by atoms with Crippen LogP contribution in [0.4, 0.5) is 0 Å². The Balaban J connectivity index is 1.97. The van der Waals surface area contributed by atoms with Crippen LogP contribution in [0.15, 0.2) is 24.3 Å². The van der Waals surface area contributed by atoms with Gasteiger partial charge in [-0.15, -0.1) is 0 Å². The van der Waals surface area contributed by atoms with Gasteiger partial charge >= 0.3 is 0 Å². The molecule has 2 rings (SSSR count). The summed E-state index contributed by atoms with van der Waals surface area (Å²) in [4.78, 5) is 0. The lowest BCUT2D eigenvalue weighted by atomic mass is 9.97. The van der Waals surface area contributed by atoms with Crippen LogP contribution in [0.5, 0.6) is 0 Å². The Morgan fingerprint density at radius 3 is 2.26 bits per heavy atom. The molecule has 1 heteroatoms. The number of nitrogens with one attached hydrogen (secondary N) is 1. The fraction of sp³-hybridized carbons (Fsp3) is 0.667. The van der Waals surface area contributed by atoms with Gasteiger partial charge < -0.3 is 5.32 Å². The summed E-state index contributed by atoms with van der Waals surface area (Å²) in [5, 5.41) is 3.84. The first-order valence-electron chi connectivity index (χ1n) is 7.97. The summed E-state index contributed by atoms with van der Waals surface area (Å²) in [5.74, 6) is 1.51. The molecule has 0 aromatic heterocycles. The standard InChI is InChI=1S/C18H29N/c1-5-15-7-6-8-18(15)19-14(4)17-11-9-16(10-12-17)13(2)3/h9-15,18-19H,5-8H2,1-4H3. The van der Waals surface area contributed by atoms with E-state index in [9.17, 15) is 0 Å². The Hall–Kier alpha value is -0.820. The van der Waals surface area contributed by atoms with E-state index in [1.807, 2.05) is 0 Å². The largest absolute Gasteiger partial charge is 0.307 e. The minimum Gasteiger partial charge on any atom is -0.307 e. The van der Waals surface area contributed by atoms with E-state index >= 15 is 0 Å². The number of hydrogen-bond donors (Lipinski definition) is 1. The average molecular weight is 259 g/mol. The molecule has 1 aliphatic carbocycles. The van der Waals surface area contributed by atoms with E-state index in [1.54, 1.807) is 0 Å². The van der Waals surface area contributed by atoms with Gasteiger partial charge in [-0.1, -0.05) is 57.9 Å². The minimum atomic E-state index is 0.471. The molecule has 1 N–H and O–H groups in total. The van der Waals surface area contributed by atoms with Gasteiger partial charge in [-0.3, -0.25) is 0 Å². The van der Waals surface area contributed by atoms with Gasteiger partial charge in [0.25, 0.3) is 0 Å². The Bertz CT molecular complexity index is 379. The van der Waals surface area contributed by atoms with Crippen LogP contribution in [-0.4, -0.2) is 6.04 Å². The molecule has 19 heavy (non-hydrogen) atoms. The van der Waals surface area contributed by atoms with Crippen molar-refractivity contribution in [2.75, 3.05) is 0 Å². The molecule has 0 saturated heterocycles. The monoisotopic (exact) mass is 259 g/mol. The summed E-state index contributed by atoms with van der Waals surface area (Å²) in [6.07, 6.45) is 5.48. The van der Waals surface area contributed by atoms with Crippen molar-refractivity contribution in [3.8, 4) is 0 Å². The zero-order valence-corrected chi connectivity index (χ0v) is 12.9. The van der Waals surface area contributed by atoms with Gasteiger partial charge in [0.15, 0.2) is 0 Å². The van der Waals surface area contributed by atoms with E-state index in [-0.39, 0.29) is 0 Å². The lowest BCUT2D eigenvalue weighted by molar-refractivity contribution is 0.360. The van der Waals surface area contributed by atoms with Crippen molar-refractivity contribution < 1.29 is 0 Å². The number of hydrogen-bond acceptors (Lipinski definition) is 1.